The maximum Gasteiger partial charge on any atom is 0.282 e. The van der Waals surface area contributed by atoms with Crippen molar-refractivity contribution in [2.45, 2.75) is 6.61 Å². The van der Waals surface area contributed by atoms with Crippen LogP contribution in [-0.4, -0.2) is 23.0 Å². The summed E-state index contributed by atoms with van der Waals surface area (Å²) in [6.45, 7) is 0.225. The molecule has 2 aromatic heterocycles. The van der Waals surface area contributed by atoms with Crippen LogP contribution in [-0.2, 0) is 6.61 Å². The molecule has 7 nitrogen and oxygen atoms in total. The summed E-state index contributed by atoms with van der Waals surface area (Å²) in [7, 11) is 1.59. The third kappa shape index (κ3) is 4.89. The van der Waals surface area contributed by atoms with E-state index in [9.17, 15) is 9.18 Å². The number of nitrogens with zero attached hydrogens (tertiary/aromatic N) is 3. The molecular weight excluding hydrogens is 545 g/mol. The smallest absolute Gasteiger partial charge is 0.282 e. The fraction of sp³-hybridized carbons (Fsp3) is 0.0571. The molecule has 0 radical (unpaired) electrons. The summed E-state index contributed by atoms with van der Waals surface area (Å²) in [5.41, 5.74) is 2.26. The second-order valence-electron chi connectivity index (χ2n) is 9.91. The van der Waals surface area contributed by atoms with Gasteiger partial charge < -0.3 is 13.9 Å². The van der Waals surface area contributed by atoms with E-state index in [1.807, 2.05) is 60.7 Å². The third-order valence-electron chi connectivity index (χ3n) is 7.26. The van der Waals surface area contributed by atoms with Crippen molar-refractivity contribution in [2.75, 3.05) is 7.11 Å². The van der Waals surface area contributed by atoms with Gasteiger partial charge in [-0.15, -0.1) is 0 Å². The van der Waals surface area contributed by atoms with Crippen LogP contribution in [0.3, 0.4) is 0 Å². The second-order valence-corrected chi connectivity index (χ2v) is 9.91. The summed E-state index contributed by atoms with van der Waals surface area (Å²) in [5, 5.41) is 7.73. The number of halogens is 1. The Kier molecular flexibility index (Phi) is 6.63. The largest absolute Gasteiger partial charge is 0.496 e. The minimum atomic E-state index is -0.349. The van der Waals surface area contributed by atoms with Crippen molar-refractivity contribution in [1.29, 1.82) is 0 Å². The number of hydrogen-bond donors (Lipinski definition) is 0. The van der Waals surface area contributed by atoms with Crippen LogP contribution in [0.4, 0.5) is 4.39 Å². The van der Waals surface area contributed by atoms with Crippen molar-refractivity contribution < 1.29 is 18.3 Å². The number of rotatable bonds is 7. The van der Waals surface area contributed by atoms with E-state index in [4.69, 9.17) is 18.9 Å². The van der Waals surface area contributed by atoms with Gasteiger partial charge in [-0.1, -0.05) is 60.7 Å². The molecule has 0 aliphatic heterocycles. The molecule has 7 rings (SSSR count). The summed E-state index contributed by atoms with van der Waals surface area (Å²) < 4.78 is 32.5. The van der Waals surface area contributed by atoms with Gasteiger partial charge in [-0.25, -0.2) is 9.37 Å². The quantitative estimate of drug-likeness (QED) is 0.185. The fourth-order valence-electron chi connectivity index (χ4n) is 5.10. The van der Waals surface area contributed by atoms with Crippen LogP contribution in [0.2, 0.25) is 0 Å². The molecule has 0 unspecified atom stereocenters. The van der Waals surface area contributed by atoms with E-state index in [0.717, 1.165) is 21.7 Å². The Balaban J connectivity index is 1.38. The van der Waals surface area contributed by atoms with E-state index in [0.29, 0.717) is 39.3 Å². The highest BCUT2D eigenvalue weighted by atomic mass is 19.1. The number of fused-ring (bicyclic) bond motifs is 3. The number of furan rings is 1. The lowest BCUT2D eigenvalue weighted by Gasteiger charge is -2.12. The van der Waals surface area contributed by atoms with E-state index in [-0.39, 0.29) is 23.8 Å². The van der Waals surface area contributed by atoms with E-state index in [1.54, 1.807) is 49.7 Å². The summed E-state index contributed by atoms with van der Waals surface area (Å²) in [6, 6.07) is 32.2. The molecule has 0 saturated carbocycles. The summed E-state index contributed by atoms with van der Waals surface area (Å²) in [4.78, 5) is 18.6. The van der Waals surface area contributed by atoms with Gasteiger partial charge in [0.15, 0.2) is 5.76 Å². The van der Waals surface area contributed by atoms with Crippen molar-refractivity contribution in [2.24, 2.45) is 5.10 Å². The molecule has 0 amide bonds. The van der Waals surface area contributed by atoms with Crippen LogP contribution in [0.15, 0.2) is 124 Å². The first-order chi connectivity index (χ1) is 21.1. The number of hydrogen-bond acceptors (Lipinski definition) is 6. The first-order valence-corrected chi connectivity index (χ1v) is 13.6. The molecule has 7 aromatic rings. The molecule has 0 spiro atoms. The Labute approximate surface area is 245 Å². The molecule has 0 aliphatic rings. The molecule has 0 bridgehead atoms. The van der Waals surface area contributed by atoms with Gasteiger partial charge in [-0.3, -0.25) is 4.79 Å². The Morgan fingerprint density at radius 2 is 1.65 bits per heavy atom. The highest BCUT2D eigenvalue weighted by Gasteiger charge is 2.18. The lowest BCUT2D eigenvalue weighted by molar-refractivity contribution is 0.306. The first kappa shape index (κ1) is 26.2. The molecule has 0 fully saturated rings. The van der Waals surface area contributed by atoms with E-state index in [2.05, 4.69) is 5.10 Å². The lowest BCUT2D eigenvalue weighted by Crippen LogP contribution is -2.20. The van der Waals surface area contributed by atoms with Gasteiger partial charge >= 0.3 is 0 Å². The first-order valence-electron chi connectivity index (χ1n) is 13.6. The molecule has 2 heterocycles. The standard InChI is InChI=1S/C35H24FN3O4/c1-41-30-11-6-12-32-27(30)19-33(43-32)34-38-29-10-5-4-9-26(29)35(40)39(34)37-20-28-25-8-3-2-7-23(25)15-18-31(28)42-21-22-13-16-24(36)17-14-22/h2-20H,21H2,1H3. The summed E-state index contributed by atoms with van der Waals surface area (Å²) in [5.74, 6) is 1.50. The van der Waals surface area contributed by atoms with E-state index in [1.165, 1.54) is 16.8 Å². The zero-order valence-corrected chi connectivity index (χ0v) is 23.0. The fourth-order valence-corrected chi connectivity index (χ4v) is 5.10. The zero-order valence-electron chi connectivity index (χ0n) is 23.0. The van der Waals surface area contributed by atoms with E-state index < -0.39 is 0 Å². The highest BCUT2D eigenvalue weighted by molar-refractivity contribution is 6.02. The van der Waals surface area contributed by atoms with Gasteiger partial charge in [0, 0.05) is 5.56 Å². The van der Waals surface area contributed by atoms with Gasteiger partial charge in [0.1, 0.15) is 29.5 Å². The maximum atomic E-state index is 13.8. The Morgan fingerprint density at radius 3 is 2.49 bits per heavy atom. The third-order valence-corrected chi connectivity index (χ3v) is 7.26. The van der Waals surface area contributed by atoms with Crippen molar-refractivity contribution >= 4 is 38.9 Å². The molecule has 8 heteroatoms. The van der Waals surface area contributed by atoms with Crippen molar-refractivity contribution in [3.05, 3.63) is 136 Å². The highest BCUT2D eigenvalue weighted by Crippen LogP contribution is 2.33. The molecule has 0 N–H and O–H groups in total. The topological polar surface area (TPSA) is 78.9 Å². The molecule has 0 aliphatic carbocycles. The maximum absolute atomic E-state index is 13.8. The minimum Gasteiger partial charge on any atom is -0.496 e. The molecule has 43 heavy (non-hydrogen) atoms. The summed E-state index contributed by atoms with van der Waals surface area (Å²) in [6.07, 6.45) is 1.60. The minimum absolute atomic E-state index is 0.225. The average molecular weight is 570 g/mol. The number of aromatic nitrogens is 2. The van der Waals surface area contributed by atoms with Crippen LogP contribution in [0, 0.1) is 5.82 Å². The van der Waals surface area contributed by atoms with E-state index >= 15 is 0 Å². The van der Waals surface area contributed by atoms with Crippen molar-refractivity contribution in [3.63, 3.8) is 0 Å². The van der Waals surface area contributed by atoms with Crippen LogP contribution < -0.4 is 15.0 Å². The molecule has 0 atom stereocenters. The number of benzene rings is 5. The van der Waals surface area contributed by atoms with Gasteiger partial charge in [-0.2, -0.15) is 9.78 Å². The number of ether oxygens (including phenoxy) is 2. The van der Waals surface area contributed by atoms with Crippen LogP contribution in [0.1, 0.15) is 11.1 Å². The predicted molar refractivity (Wildman–Crippen MR) is 165 cm³/mol. The van der Waals surface area contributed by atoms with Crippen LogP contribution in [0.25, 0.3) is 44.2 Å². The van der Waals surface area contributed by atoms with Crippen LogP contribution >= 0.6 is 0 Å². The molecule has 0 saturated heterocycles. The van der Waals surface area contributed by atoms with Crippen molar-refractivity contribution in [3.8, 4) is 23.1 Å². The van der Waals surface area contributed by atoms with Gasteiger partial charge in [0.25, 0.3) is 5.56 Å². The van der Waals surface area contributed by atoms with Gasteiger partial charge in [0.2, 0.25) is 5.82 Å². The molecular formula is C35H24FN3O4. The van der Waals surface area contributed by atoms with Crippen molar-refractivity contribution in [1.82, 2.24) is 9.66 Å². The van der Waals surface area contributed by atoms with Gasteiger partial charge in [0.05, 0.1) is 29.6 Å². The number of methoxy groups -OCH3 is 1. The van der Waals surface area contributed by atoms with Gasteiger partial charge in [-0.05, 0) is 64.9 Å². The second kappa shape index (κ2) is 10.9. The average Bonchev–Trinajstić information content (AvgIpc) is 3.49. The summed E-state index contributed by atoms with van der Waals surface area (Å²) >= 11 is 0. The Morgan fingerprint density at radius 1 is 0.860 bits per heavy atom. The predicted octanol–water partition coefficient (Wildman–Crippen LogP) is 7.57. The lowest BCUT2D eigenvalue weighted by atomic mass is 10.0. The Bertz CT molecular complexity index is 2220. The zero-order chi connectivity index (χ0) is 29.3. The molecule has 210 valence electrons. The number of para-hydroxylation sites is 1. The molecule has 5 aromatic carbocycles. The Hall–Kier alpha value is -5.76. The normalized spacial score (nSPS) is 11.6. The SMILES string of the molecule is COc1cccc2oc(-c3nc4ccccc4c(=O)n3N=Cc3c(OCc4ccc(F)cc4)ccc4ccccc34)cc12. The monoisotopic (exact) mass is 569 g/mol. The van der Waals surface area contributed by atoms with Crippen LogP contribution in [0.5, 0.6) is 11.5 Å².